The van der Waals surface area contributed by atoms with Gasteiger partial charge >= 0.3 is 0 Å². The Hall–Kier alpha value is -1.48. The van der Waals surface area contributed by atoms with Crippen molar-refractivity contribution in [3.05, 3.63) is 64.4 Å². The Labute approximate surface area is 109 Å². The summed E-state index contributed by atoms with van der Waals surface area (Å²) in [5.74, 6) is -0.0789. The summed E-state index contributed by atoms with van der Waals surface area (Å²) in [6.45, 7) is 1.62. The van der Waals surface area contributed by atoms with Crippen LogP contribution < -0.4 is 0 Å². The lowest BCUT2D eigenvalue weighted by Crippen LogP contribution is -2.10. The van der Waals surface area contributed by atoms with Gasteiger partial charge in [0.1, 0.15) is 10.4 Å². The minimum atomic E-state index is -0.213. The average Bonchev–Trinajstić information content (AvgIpc) is 2.30. The molecule has 1 aromatic heterocycles. The number of benzene rings is 1. The summed E-state index contributed by atoms with van der Waals surface area (Å²) in [7, 11) is 0. The molecule has 0 saturated heterocycles. The summed E-state index contributed by atoms with van der Waals surface area (Å²) in [6.07, 6.45) is 1.71. The molecule has 0 aliphatic carbocycles. The molecule has 3 heteroatoms. The molecule has 2 aromatic rings. The number of ketones is 1. The standard InChI is InChI=1S/C14H12BrNO/c1-10(17)14(11-5-3-2-4-6-11)12-7-8-16-13(15)9-12/h2-9,14H,1H3. The number of carbonyl (C=O) groups is 1. The van der Waals surface area contributed by atoms with Crippen molar-refractivity contribution in [2.24, 2.45) is 0 Å². The molecule has 0 fully saturated rings. The first kappa shape index (κ1) is 12.0. The molecule has 0 N–H and O–H groups in total. The van der Waals surface area contributed by atoms with Crippen LogP contribution in [0.15, 0.2) is 53.3 Å². The molecule has 0 aliphatic rings. The van der Waals surface area contributed by atoms with Gasteiger partial charge in [-0.1, -0.05) is 30.3 Å². The molecule has 0 saturated carbocycles. The Bertz CT molecular complexity index is 525. The monoisotopic (exact) mass is 289 g/mol. The van der Waals surface area contributed by atoms with E-state index in [0.717, 1.165) is 15.7 Å². The van der Waals surface area contributed by atoms with E-state index < -0.39 is 0 Å². The first-order valence-electron chi connectivity index (χ1n) is 5.35. The van der Waals surface area contributed by atoms with Crippen molar-refractivity contribution in [3.8, 4) is 0 Å². The highest BCUT2D eigenvalue weighted by Gasteiger charge is 2.18. The van der Waals surface area contributed by atoms with E-state index in [4.69, 9.17) is 0 Å². The van der Waals surface area contributed by atoms with E-state index in [0.29, 0.717) is 0 Å². The van der Waals surface area contributed by atoms with Gasteiger partial charge in [-0.15, -0.1) is 0 Å². The van der Waals surface area contributed by atoms with Crippen LogP contribution in [0.3, 0.4) is 0 Å². The predicted octanol–water partition coefficient (Wildman–Crippen LogP) is 3.57. The van der Waals surface area contributed by atoms with Crippen molar-refractivity contribution in [1.29, 1.82) is 0 Å². The molecule has 1 heterocycles. The topological polar surface area (TPSA) is 30.0 Å². The first-order chi connectivity index (χ1) is 8.18. The summed E-state index contributed by atoms with van der Waals surface area (Å²) in [4.78, 5) is 15.9. The normalized spacial score (nSPS) is 12.1. The second kappa shape index (κ2) is 5.23. The molecule has 0 aliphatic heterocycles. The van der Waals surface area contributed by atoms with Crippen LogP contribution >= 0.6 is 15.9 Å². The third-order valence-corrected chi connectivity index (χ3v) is 3.06. The van der Waals surface area contributed by atoms with E-state index >= 15 is 0 Å². The van der Waals surface area contributed by atoms with Crippen LogP contribution in [-0.2, 0) is 4.79 Å². The Morgan fingerprint density at radius 1 is 1.18 bits per heavy atom. The highest BCUT2D eigenvalue weighted by atomic mass is 79.9. The molecule has 0 amide bonds. The van der Waals surface area contributed by atoms with Gasteiger partial charge in [0.2, 0.25) is 0 Å². The molecule has 17 heavy (non-hydrogen) atoms. The molecule has 0 spiro atoms. The fraction of sp³-hybridized carbons (Fsp3) is 0.143. The summed E-state index contributed by atoms with van der Waals surface area (Å²) >= 11 is 3.33. The van der Waals surface area contributed by atoms with Crippen molar-refractivity contribution < 1.29 is 4.79 Å². The molecular weight excluding hydrogens is 278 g/mol. The number of carbonyl (C=O) groups excluding carboxylic acids is 1. The van der Waals surface area contributed by atoms with Gasteiger partial charge < -0.3 is 0 Å². The molecule has 1 aromatic carbocycles. The number of hydrogen-bond acceptors (Lipinski definition) is 2. The van der Waals surface area contributed by atoms with Gasteiger partial charge in [0.15, 0.2) is 0 Å². The van der Waals surface area contributed by atoms with Gasteiger partial charge in [0.05, 0.1) is 5.92 Å². The van der Waals surface area contributed by atoms with Crippen molar-refractivity contribution >= 4 is 21.7 Å². The molecule has 0 radical (unpaired) electrons. The second-order valence-electron chi connectivity index (χ2n) is 3.87. The minimum Gasteiger partial charge on any atom is -0.299 e. The number of nitrogens with zero attached hydrogens (tertiary/aromatic N) is 1. The van der Waals surface area contributed by atoms with Gasteiger partial charge in [0, 0.05) is 6.20 Å². The van der Waals surface area contributed by atoms with E-state index in [9.17, 15) is 4.79 Å². The smallest absolute Gasteiger partial charge is 0.141 e. The van der Waals surface area contributed by atoms with Crippen molar-refractivity contribution in [3.63, 3.8) is 0 Å². The van der Waals surface area contributed by atoms with Crippen LogP contribution in [0.4, 0.5) is 0 Å². The summed E-state index contributed by atoms with van der Waals surface area (Å²) in [6, 6.07) is 13.6. The zero-order valence-corrected chi connectivity index (χ0v) is 11.0. The van der Waals surface area contributed by atoms with E-state index in [1.54, 1.807) is 13.1 Å². The lowest BCUT2D eigenvalue weighted by atomic mass is 9.89. The number of Topliss-reactive ketones (excluding diaryl/α,β-unsaturated/α-hetero) is 1. The summed E-state index contributed by atoms with van der Waals surface area (Å²) < 4.78 is 0.747. The largest absolute Gasteiger partial charge is 0.299 e. The minimum absolute atomic E-state index is 0.134. The van der Waals surface area contributed by atoms with Gasteiger partial charge in [-0.2, -0.15) is 0 Å². The number of aromatic nitrogens is 1. The fourth-order valence-electron chi connectivity index (χ4n) is 1.90. The van der Waals surface area contributed by atoms with Crippen LogP contribution in [0.2, 0.25) is 0 Å². The lowest BCUT2D eigenvalue weighted by molar-refractivity contribution is -0.117. The molecule has 1 atom stereocenters. The van der Waals surface area contributed by atoms with Crippen LogP contribution in [-0.4, -0.2) is 10.8 Å². The van der Waals surface area contributed by atoms with Gasteiger partial charge in [-0.05, 0) is 46.1 Å². The fourth-order valence-corrected chi connectivity index (χ4v) is 2.29. The average molecular weight is 290 g/mol. The van der Waals surface area contributed by atoms with E-state index in [-0.39, 0.29) is 11.7 Å². The van der Waals surface area contributed by atoms with Gasteiger partial charge in [-0.3, -0.25) is 4.79 Å². The quantitative estimate of drug-likeness (QED) is 0.809. The molecule has 2 nitrogen and oxygen atoms in total. The van der Waals surface area contributed by atoms with Crippen LogP contribution in [0.25, 0.3) is 0 Å². The third-order valence-electron chi connectivity index (χ3n) is 2.62. The maximum Gasteiger partial charge on any atom is 0.141 e. The van der Waals surface area contributed by atoms with Crippen LogP contribution in [0.5, 0.6) is 0 Å². The van der Waals surface area contributed by atoms with E-state index in [1.165, 1.54) is 0 Å². The molecule has 86 valence electrons. The Kier molecular flexibility index (Phi) is 3.69. The van der Waals surface area contributed by atoms with Crippen LogP contribution in [0.1, 0.15) is 24.0 Å². The van der Waals surface area contributed by atoms with Gasteiger partial charge in [0.25, 0.3) is 0 Å². The van der Waals surface area contributed by atoms with Gasteiger partial charge in [-0.25, -0.2) is 4.98 Å². The molecule has 2 rings (SSSR count). The number of halogens is 1. The predicted molar refractivity (Wildman–Crippen MR) is 70.9 cm³/mol. The maximum absolute atomic E-state index is 11.8. The van der Waals surface area contributed by atoms with E-state index in [1.807, 2.05) is 42.5 Å². The number of pyridine rings is 1. The number of hydrogen-bond donors (Lipinski definition) is 0. The lowest BCUT2D eigenvalue weighted by Gasteiger charge is -2.14. The Morgan fingerprint density at radius 3 is 2.47 bits per heavy atom. The Morgan fingerprint density at radius 2 is 1.88 bits per heavy atom. The van der Waals surface area contributed by atoms with Crippen LogP contribution in [0, 0.1) is 0 Å². The van der Waals surface area contributed by atoms with E-state index in [2.05, 4.69) is 20.9 Å². The third kappa shape index (κ3) is 2.80. The Balaban J connectivity index is 2.47. The molecule has 1 unspecified atom stereocenters. The first-order valence-corrected chi connectivity index (χ1v) is 6.14. The van der Waals surface area contributed by atoms with Crippen molar-refractivity contribution in [1.82, 2.24) is 4.98 Å². The summed E-state index contributed by atoms with van der Waals surface area (Å²) in [5, 5.41) is 0. The maximum atomic E-state index is 11.8. The number of rotatable bonds is 3. The highest BCUT2D eigenvalue weighted by molar-refractivity contribution is 9.10. The van der Waals surface area contributed by atoms with Crippen molar-refractivity contribution in [2.45, 2.75) is 12.8 Å². The second-order valence-corrected chi connectivity index (χ2v) is 4.68. The molecule has 0 bridgehead atoms. The zero-order chi connectivity index (χ0) is 12.3. The van der Waals surface area contributed by atoms with Crippen molar-refractivity contribution in [2.75, 3.05) is 0 Å². The SMILES string of the molecule is CC(=O)C(c1ccccc1)c1ccnc(Br)c1. The summed E-state index contributed by atoms with van der Waals surface area (Å²) in [5.41, 5.74) is 1.98. The highest BCUT2D eigenvalue weighted by Crippen LogP contribution is 2.26. The molecular formula is C14H12BrNO. The zero-order valence-electron chi connectivity index (χ0n) is 9.43.